The average Bonchev–Trinajstić information content (AvgIpc) is 2.79. The molecule has 28 heavy (non-hydrogen) atoms. The molecule has 4 heteroatoms. The molecule has 1 aromatic heterocycles. The maximum atomic E-state index is 12.8. The van der Waals surface area contributed by atoms with Crippen LogP contribution in [-0.4, -0.2) is 24.0 Å². The zero-order valence-electron chi connectivity index (χ0n) is 15.6. The van der Waals surface area contributed by atoms with Gasteiger partial charge in [-0.25, -0.2) is 9.78 Å². The van der Waals surface area contributed by atoms with Crippen molar-refractivity contribution < 1.29 is 9.53 Å². The Bertz CT molecular complexity index is 898. The van der Waals surface area contributed by atoms with Crippen LogP contribution in [-0.2, 0) is 4.74 Å². The lowest BCUT2D eigenvalue weighted by atomic mass is 10.0. The van der Waals surface area contributed by atoms with Crippen LogP contribution in [0.25, 0.3) is 0 Å². The van der Waals surface area contributed by atoms with Crippen molar-refractivity contribution in [3.05, 3.63) is 108 Å². The molecule has 2 aromatic carbocycles. The molecule has 0 aliphatic carbocycles. The van der Waals surface area contributed by atoms with Crippen molar-refractivity contribution in [2.24, 2.45) is 0 Å². The lowest BCUT2D eigenvalue weighted by molar-refractivity contribution is 0.0371. The summed E-state index contributed by atoms with van der Waals surface area (Å²) in [5.41, 5.74) is 3.19. The van der Waals surface area contributed by atoms with Gasteiger partial charge in [-0.2, -0.15) is 0 Å². The fourth-order valence-electron chi connectivity index (χ4n) is 3.32. The SMILES string of the molecule is O=C(OC(c1ccccc1)c1ccccc1)c1ccc(N2CC=CCC2)cn1. The summed E-state index contributed by atoms with van der Waals surface area (Å²) in [6.07, 6.45) is 6.64. The second-order valence-corrected chi connectivity index (χ2v) is 6.71. The van der Waals surface area contributed by atoms with Gasteiger partial charge in [0.25, 0.3) is 0 Å². The van der Waals surface area contributed by atoms with Gasteiger partial charge in [-0.1, -0.05) is 72.8 Å². The minimum Gasteiger partial charge on any atom is -0.448 e. The minimum absolute atomic E-state index is 0.313. The quantitative estimate of drug-likeness (QED) is 0.478. The van der Waals surface area contributed by atoms with E-state index in [2.05, 4.69) is 22.0 Å². The van der Waals surface area contributed by atoms with E-state index in [1.807, 2.05) is 66.7 Å². The van der Waals surface area contributed by atoms with Crippen LogP contribution in [0.2, 0.25) is 0 Å². The van der Waals surface area contributed by atoms with Crippen LogP contribution in [0, 0.1) is 0 Å². The van der Waals surface area contributed by atoms with Gasteiger partial charge in [-0.3, -0.25) is 0 Å². The smallest absolute Gasteiger partial charge is 0.357 e. The topological polar surface area (TPSA) is 42.4 Å². The maximum absolute atomic E-state index is 12.8. The Kier molecular flexibility index (Phi) is 5.48. The first-order chi connectivity index (χ1) is 13.8. The minimum atomic E-state index is -0.469. The summed E-state index contributed by atoms with van der Waals surface area (Å²) >= 11 is 0. The second kappa shape index (κ2) is 8.53. The number of hydrogen-bond donors (Lipinski definition) is 0. The van der Waals surface area contributed by atoms with E-state index in [4.69, 9.17) is 4.74 Å². The summed E-state index contributed by atoms with van der Waals surface area (Å²) in [5.74, 6) is -0.428. The van der Waals surface area contributed by atoms with Crippen molar-refractivity contribution in [2.45, 2.75) is 12.5 Å². The monoisotopic (exact) mass is 370 g/mol. The first-order valence-corrected chi connectivity index (χ1v) is 9.48. The third-order valence-electron chi connectivity index (χ3n) is 4.81. The third kappa shape index (κ3) is 4.12. The van der Waals surface area contributed by atoms with Gasteiger partial charge in [0.1, 0.15) is 5.69 Å². The number of ether oxygens (including phenoxy) is 1. The Morgan fingerprint density at radius 2 is 1.57 bits per heavy atom. The van der Waals surface area contributed by atoms with Gasteiger partial charge >= 0.3 is 5.97 Å². The molecule has 0 N–H and O–H groups in total. The number of nitrogens with zero attached hydrogens (tertiary/aromatic N) is 2. The summed E-state index contributed by atoms with van der Waals surface area (Å²) < 4.78 is 5.87. The summed E-state index contributed by atoms with van der Waals surface area (Å²) in [4.78, 5) is 19.4. The van der Waals surface area contributed by atoms with Gasteiger partial charge in [0.15, 0.2) is 6.10 Å². The molecule has 0 amide bonds. The first-order valence-electron chi connectivity index (χ1n) is 9.48. The van der Waals surface area contributed by atoms with Crippen molar-refractivity contribution in [3.8, 4) is 0 Å². The van der Waals surface area contributed by atoms with Gasteiger partial charge in [-0.05, 0) is 29.7 Å². The molecule has 4 rings (SSSR count). The number of benzene rings is 2. The summed E-state index contributed by atoms with van der Waals surface area (Å²) in [6, 6.07) is 23.2. The number of carbonyl (C=O) groups excluding carboxylic acids is 1. The molecule has 3 aromatic rings. The molecule has 0 saturated heterocycles. The lowest BCUT2D eigenvalue weighted by Gasteiger charge is -2.25. The molecule has 0 atom stereocenters. The van der Waals surface area contributed by atoms with Crippen LogP contribution in [0.5, 0.6) is 0 Å². The number of carbonyl (C=O) groups is 1. The van der Waals surface area contributed by atoms with E-state index in [-0.39, 0.29) is 0 Å². The molecule has 1 aliphatic rings. The molecule has 0 radical (unpaired) electrons. The molecule has 4 nitrogen and oxygen atoms in total. The first kappa shape index (κ1) is 18.0. The van der Waals surface area contributed by atoms with Crippen LogP contribution in [0.3, 0.4) is 0 Å². The van der Waals surface area contributed by atoms with Gasteiger partial charge in [0.05, 0.1) is 11.9 Å². The molecule has 0 saturated carbocycles. The highest BCUT2D eigenvalue weighted by molar-refractivity contribution is 5.87. The normalized spacial score (nSPS) is 13.5. The zero-order valence-corrected chi connectivity index (χ0v) is 15.6. The molecule has 0 bridgehead atoms. The van der Waals surface area contributed by atoms with Crippen molar-refractivity contribution in [2.75, 3.05) is 18.0 Å². The fraction of sp³-hybridized carbons (Fsp3) is 0.167. The van der Waals surface area contributed by atoms with Gasteiger partial charge in [0.2, 0.25) is 0 Å². The Morgan fingerprint density at radius 1 is 0.893 bits per heavy atom. The number of anilines is 1. The molecule has 2 heterocycles. The molecule has 140 valence electrons. The molecule has 1 aliphatic heterocycles. The summed E-state index contributed by atoms with van der Waals surface area (Å²) in [7, 11) is 0. The van der Waals surface area contributed by atoms with Crippen LogP contribution in [0.15, 0.2) is 91.1 Å². The van der Waals surface area contributed by atoms with Crippen LogP contribution < -0.4 is 4.90 Å². The molecule has 0 unspecified atom stereocenters. The number of esters is 1. The van der Waals surface area contributed by atoms with Gasteiger partial charge < -0.3 is 9.64 Å². The fourth-order valence-corrected chi connectivity index (χ4v) is 3.32. The summed E-state index contributed by atoms with van der Waals surface area (Å²) in [5, 5.41) is 0. The lowest BCUT2D eigenvalue weighted by Crippen LogP contribution is -2.26. The zero-order chi connectivity index (χ0) is 19.2. The van der Waals surface area contributed by atoms with Crippen molar-refractivity contribution in [1.82, 2.24) is 4.98 Å². The van der Waals surface area contributed by atoms with Crippen LogP contribution >= 0.6 is 0 Å². The summed E-state index contributed by atoms with van der Waals surface area (Å²) in [6.45, 7) is 1.83. The van der Waals surface area contributed by atoms with Crippen LogP contribution in [0.1, 0.15) is 34.1 Å². The highest BCUT2D eigenvalue weighted by Gasteiger charge is 2.21. The van der Waals surface area contributed by atoms with E-state index in [0.29, 0.717) is 5.69 Å². The van der Waals surface area contributed by atoms with Gasteiger partial charge in [0, 0.05) is 13.1 Å². The third-order valence-corrected chi connectivity index (χ3v) is 4.81. The number of pyridine rings is 1. The van der Waals surface area contributed by atoms with Crippen molar-refractivity contribution in [1.29, 1.82) is 0 Å². The van der Waals surface area contributed by atoms with E-state index in [1.54, 1.807) is 12.3 Å². The molecular weight excluding hydrogens is 348 g/mol. The van der Waals surface area contributed by atoms with E-state index < -0.39 is 12.1 Å². The maximum Gasteiger partial charge on any atom is 0.357 e. The Balaban J connectivity index is 1.54. The van der Waals surface area contributed by atoms with Crippen molar-refractivity contribution in [3.63, 3.8) is 0 Å². The Labute approximate surface area is 165 Å². The average molecular weight is 370 g/mol. The molecule has 0 spiro atoms. The number of hydrogen-bond acceptors (Lipinski definition) is 4. The standard InChI is InChI=1S/C24H22N2O2/c27-24(22-15-14-21(18-25-22)26-16-8-3-9-17-26)28-23(19-10-4-1-5-11-19)20-12-6-2-7-13-20/h1-8,10-15,18,23H,9,16-17H2. The molecular formula is C24H22N2O2. The van der Waals surface area contributed by atoms with Crippen LogP contribution in [0.4, 0.5) is 5.69 Å². The predicted molar refractivity (Wildman–Crippen MR) is 110 cm³/mol. The highest BCUT2D eigenvalue weighted by atomic mass is 16.5. The van der Waals surface area contributed by atoms with E-state index >= 15 is 0 Å². The number of aromatic nitrogens is 1. The van der Waals surface area contributed by atoms with Crippen molar-refractivity contribution >= 4 is 11.7 Å². The Morgan fingerprint density at radius 3 is 2.11 bits per heavy atom. The molecule has 0 fully saturated rings. The van der Waals surface area contributed by atoms with E-state index in [9.17, 15) is 4.79 Å². The predicted octanol–water partition coefficient (Wildman–Crippen LogP) is 4.79. The highest BCUT2D eigenvalue weighted by Crippen LogP contribution is 2.27. The largest absolute Gasteiger partial charge is 0.448 e. The van der Waals surface area contributed by atoms with Gasteiger partial charge in [-0.15, -0.1) is 0 Å². The Hall–Kier alpha value is -3.40. The van der Waals surface area contributed by atoms with E-state index in [0.717, 1.165) is 36.3 Å². The number of rotatable bonds is 5. The second-order valence-electron chi connectivity index (χ2n) is 6.71. The van der Waals surface area contributed by atoms with E-state index in [1.165, 1.54) is 0 Å².